The standard InChI is InChI=1S/C80H66N2/c1-77(2)70-33-21-17-27-58(70)65-45-51(38-43-71(65)77)81(52-35-40-59-55-24-14-18-30-67(55)78(3,4)72(59)46-52)75-62-28-12-13-29-63(62)76(66-44-50(34-39-64(66)75)49-22-10-9-11-23-49)82(53-36-41-60-56-25-15-19-31-68(56)79(5,6)73(60)47-53)54-37-42-61-57-26-16-20-32-69(57)80(7,8)74(61)48-54/h9-15,17-25,27-48H,16,26H2,1-8H3. The van der Waals surface area contributed by atoms with E-state index in [9.17, 15) is 0 Å². The van der Waals surface area contributed by atoms with Crippen LogP contribution in [0.4, 0.5) is 34.1 Å². The molecule has 0 saturated heterocycles. The van der Waals surface area contributed by atoms with Crippen molar-refractivity contribution >= 4 is 61.2 Å². The molecule has 0 radical (unpaired) electrons. The van der Waals surface area contributed by atoms with Gasteiger partial charge in [-0.2, -0.15) is 0 Å². The Balaban J connectivity index is 1.01. The molecule has 0 aromatic heterocycles. The molecular formula is C80H66N2. The van der Waals surface area contributed by atoms with Crippen LogP contribution in [0.25, 0.3) is 71.6 Å². The van der Waals surface area contributed by atoms with Crippen LogP contribution in [0.15, 0.2) is 236 Å². The first-order valence-corrected chi connectivity index (χ1v) is 29.6. The molecule has 0 N–H and O–H groups in total. The highest BCUT2D eigenvalue weighted by atomic mass is 15.2. The monoisotopic (exact) mass is 1050 g/mol. The second-order valence-electron chi connectivity index (χ2n) is 25.9. The molecule has 0 fully saturated rings. The van der Waals surface area contributed by atoms with Gasteiger partial charge >= 0.3 is 0 Å². The number of anilines is 6. The van der Waals surface area contributed by atoms with Crippen LogP contribution >= 0.6 is 0 Å². The number of fused-ring (bicyclic) bond motifs is 13. The number of hydrogen-bond acceptors (Lipinski definition) is 2. The van der Waals surface area contributed by atoms with Gasteiger partial charge in [-0.1, -0.05) is 231 Å². The van der Waals surface area contributed by atoms with E-state index in [1.807, 2.05) is 0 Å². The minimum absolute atomic E-state index is 0.134. The molecule has 396 valence electrons. The minimum atomic E-state index is -0.200. The third kappa shape index (κ3) is 6.76. The van der Waals surface area contributed by atoms with Gasteiger partial charge in [0.15, 0.2) is 0 Å². The van der Waals surface area contributed by atoms with E-state index in [0.29, 0.717) is 0 Å². The molecule has 0 atom stereocenters. The highest BCUT2D eigenvalue weighted by Gasteiger charge is 2.41. The second kappa shape index (κ2) is 17.3. The fourth-order valence-corrected chi connectivity index (χ4v) is 15.9. The Morgan fingerprint density at radius 1 is 0.293 bits per heavy atom. The molecule has 2 heteroatoms. The molecular weight excluding hydrogens is 989 g/mol. The summed E-state index contributed by atoms with van der Waals surface area (Å²) in [6.45, 7) is 19.3. The molecule has 0 saturated carbocycles. The van der Waals surface area contributed by atoms with Crippen molar-refractivity contribution in [2.24, 2.45) is 0 Å². The van der Waals surface area contributed by atoms with Crippen LogP contribution in [-0.2, 0) is 21.7 Å². The number of benzene rings is 11. The largest absolute Gasteiger partial charge is 0.309 e. The average Bonchev–Trinajstić information content (AvgIpc) is 1.84. The summed E-state index contributed by atoms with van der Waals surface area (Å²) < 4.78 is 0. The maximum Gasteiger partial charge on any atom is 0.0620 e. The van der Waals surface area contributed by atoms with Crippen LogP contribution in [0.3, 0.4) is 0 Å². The molecule has 0 spiro atoms. The minimum Gasteiger partial charge on any atom is -0.309 e. The first-order valence-electron chi connectivity index (χ1n) is 29.6. The fourth-order valence-electron chi connectivity index (χ4n) is 15.9. The highest BCUT2D eigenvalue weighted by molar-refractivity contribution is 6.24. The average molecular weight is 1060 g/mol. The van der Waals surface area contributed by atoms with E-state index in [-0.39, 0.29) is 21.7 Å². The lowest BCUT2D eigenvalue weighted by Gasteiger charge is -2.35. The summed E-state index contributed by atoms with van der Waals surface area (Å²) in [6.07, 6.45) is 6.94. The molecule has 0 amide bonds. The Hall–Kier alpha value is -8.98. The molecule has 16 rings (SSSR count). The van der Waals surface area contributed by atoms with Crippen molar-refractivity contribution in [2.75, 3.05) is 9.80 Å². The van der Waals surface area contributed by atoms with Crippen LogP contribution in [0.2, 0.25) is 0 Å². The third-order valence-electron chi connectivity index (χ3n) is 20.1. The lowest BCUT2D eigenvalue weighted by Crippen LogP contribution is -2.19. The van der Waals surface area contributed by atoms with Crippen molar-refractivity contribution in [3.8, 4) is 44.5 Å². The van der Waals surface area contributed by atoms with E-state index in [0.717, 1.165) is 41.3 Å². The van der Waals surface area contributed by atoms with Crippen LogP contribution < -0.4 is 9.80 Å². The molecule has 0 heterocycles. The van der Waals surface area contributed by atoms with E-state index in [2.05, 4.69) is 296 Å². The Morgan fingerprint density at radius 2 is 0.707 bits per heavy atom. The summed E-state index contributed by atoms with van der Waals surface area (Å²) in [6, 6.07) is 84.0. The maximum absolute atomic E-state index is 2.64. The van der Waals surface area contributed by atoms with Gasteiger partial charge in [0, 0.05) is 66.0 Å². The molecule has 11 aromatic carbocycles. The number of rotatable bonds is 7. The summed E-state index contributed by atoms with van der Waals surface area (Å²) in [7, 11) is 0. The summed E-state index contributed by atoms with van der Waals surface area (Å²) in [5.74, 6) is 0. The van der Waals surface area contributed by atoms with E-state index in [1.165, 1.54) is 127 Å². The van der Waals surface area contributed by atoms with Gasteiger partial charge in [-0.05, 0) is 168 Å². The lowest BCUT2D eigenvalue weighted by atomic mass is 9.80. The SMILES string of the molecule is CC1(C)C2=C(CCC=C2)c2ccc(N(c3ccc4c(c3)C(C)(C)c3ccccc3-4)c3c4ccccc4c(N(c4ccc5c(c4)-c4ccccc4C5(C)C)c4ccc5c(c4)C(C)(C)c4ccccc4-5)c4ccc(-c5ccccc5)cc34)cc21. The number of nitrogens with zero attached hydrogens (tertiary/aromatic N) is 2. The zero-order valence-corrected chi connectivity index (χ0v) is 48.2. The smallest absolute Gasteiger partial charge is 0.0620 e. The Labute approximate surface area is 483 Å². The fraction of sp³-hybridized carbons (Fsp3) is 0.175. The predicted molar refractivity (Wildman–Crippen MR) is 347 cm³/mol. The quantitative estimate of drug-likeness (QED) is 0.116. The zero-order valence-electron chi connectivity index (χ0n) is 48.2. The van der Waals surface area contributed by atoms with Crippen LogP contribution in [-0.4, -0.2) is 0 Å². The van der Waals surface area contributed by atoms with Gasteiger partial charge < -0.3 is 9.80 Å². The molecule has 5 aliphatic rings. The van der Waals surface area contributed by atoms with E-state index in [4.69, 9.17) is 0 Å². The summed E-state index contributed by atoms with van der Waals surface area (Å²) in [5.41, 5.74) is 30.4. The number of allylic oxidation sites excluding steroid dienone is 4. The van der Waals surface area contributed by atoms with Gasteiger partial charge in [-0.15, -0.1) is 0 Å². The molecule has 0 unspecified atom stereocenters. The Morgan fingerprint density at radius 3 is 1.28 bits per heavy atom. The lowest BCUT2D eigenvalue weighted by molar-refractivity contribution is 0.651. The topological polar surface area (TPSA) is 6.48 Å². The van der Waals surface area contributed by atoms with Crippen molar-refractivity contribution in [3.63, 3.8) is 0 Å². The van der Waals surface area contributed by atoms with Crippen molar-refractivity contribution in [1.29, 1.82) is 0 Å². The first kappa shape index (κ1) is 48.9. The van der Waals surface area contributed by atoms with Crippen LogP contribution in [0.1, 0.15) is 113 Å². The van der Waals surface area contributed by atoms with Crippen molar-refractivity contribution < 1.29 is 0 Å². The third-order valence-corrected chi connectivity index (χ3v) is 20.1. The predicted octanol–water partition coefficient (Wildman–Crippen LogP) is 21.9. The maximum atomic E-state index is 2.64. The van der Waals surface area contributed by atoms with E-state index < -0.39 is 0 Å². The molecule has 0 aliphatic heterocycles. The van der Waals surface area contributed by atoms with Gasteiger partial charge in [0.05, 0.1) is 11.4 Å². The van der Waals surface area contributed by atoms with E-state index in [1.54, 1.807) is 0 Å². The molecule has 2 nitrogen and oxygen atoms in total. The second-order valence-corrected chi connectivity index (χ2v) is 25.9. The van der Waals surface area contributed by atoms with Crippen LogP contribution in [0, 0.1) is 0 Å². The van der Waals surface area contributed by atoms with Gasteiger partial charge in [0.1, 0.15) is 0 Å². The van der Waals surface area contributed by atoms with E-state index >= 15 is 0 Å². The van der Waals surface area contributed by atoms with Gasteiger partial charge in [0.2, 0.25) is 0 Å². The Kier molecular flexibility index (Phi) is 10.3. The van der Waals surface area contributed by atoms with Crippen LogP contribution in [0.5, 0.6) is 0 Å². The van der Waals surface area contributed by atoms with Gasteiger partial charge in [0.25, 0.3) is 0 Å². The number of hydrogen-bond donors (Lipinski definition) is 0. The summed E-state index contributed by atoms with van der Waals surface area (Å²) in [4.78, 5) is 5.26. The first-order chi connectivity index (χ1) is 39.7. The van der Waals surface area contributed by atoms with Crippen molar-refractivity contribution in [2.45, 2.75) is 89.9 Å². The molecule has 82 heavy (non-hydrogen) atoms. The molecule has 0 bridgehead atoms. The Bertz CT molecular complexity index is 4630. The molecule has 5 aliphatic carbocycles. The van der Waals surface area contributed by atoms with Crippen molar-refractivity contribution in [3.05, 3.63) is 281 Å². The molecule has 11 aromatic rings. The highest BCUT2D eigenvalue weighted by Crippen LogP contribution is 2.59. The summed E-state index contributed by atoms with van der Waals surface area (Å²) >= 11 is 0. The normalized spacial score (nSPS) is 16.5. The van der Waals surface area contributed by atoms with Gasteiger partial charge in [-0.3, -0.25) is 0 Å². The van der Waals surface area contributed by atoms with Crippen molar-refractivity contribution in [1.82, 2.24) is 0 Å². The zero-order chi connectivity index (χ0) is 55.6. The summed E-state index contributed by atoms with van der Waals surface area (Å²) in [5, 5.41) is 4.74. The van der Waals surface area contributed by atoms with Gasteiger partial charge in [-0.25, -0.2) is 0 Å².